The summed E-state index contributed by atoms with van der Waals surface area (Å²) in [7, 11) is -3.54. The molecule has 0 saturated carbocycles. The van der Waals surface area contributed by atoms with E-state index in [1.165, 1.54) is 12.1 Å². The molecule has 1 aromatic heterocycles. The van der Waals surface area contributed by atoms with Gasteiger partial charge in [-0.1, -0.05) is 0 Å². The Balaban J connectivity index is 2.65. The molecule has 0 aliphatic heterocycles. The minimum Gasteiger partial charge on any atom is -0.475 e. The van der Waals surface area contributed by atoms with Crippen molar-refractivity contribution in [3.63, 3.8) is 0 Å². The van der Waals surface area contributed by atoms with Crippen molar-refractivity contribution in [1.29, 1.82) is 0 Å². The number of hydrogen-bond donors (Lipinski definition) is 1. The summed E-state index contributed by atoms with van der Waals surface area (Å²) >= 11 is 0. The summed E-state index contributed by atoms with van der Waals surface area (Å²) in [6.07, 6.45) is 0.897. The van der Waals surface area contributed by atoms with Gasteiger partial charge in [-0.3, -0.25) is 4.18 Å². The van der Waals surface area contributed by atoms with Crippen molar-refractivity contribution in [1.82, 2.24) is 0 Å². The molecule has 78 valence electrons. The van der Waals surface area contributed by atoms with Gasteiger partial charge in [-0.2, -0.15) is 8.42 Å². The monoisotopic (exact) mass is 220 g/mol. The van der Waals surface area contributed by atoms with Crippen molar-refractivity contribution in [3.05, 3.63) is 23.7 Å². The highest BCUT2D eigenvalue weighted by Gasteiger charge is 2.10. The van der Waals surface area contributed by atoms with E-state index in [1.54, 1.807) is 0 Å². The second kappa shape index (κ2) is 3.81. The van der Waals surface area contributed by atoms with Crippen LogP contribution in [0.15, 0.2) is 16.5 Å². The van der Waals surface area contributed by atoms with Crippen molar-refractivity contribution < 1.29 is 26.9 Å². The molecule has 0 atom stereocenters. The maximum absolute atomic E-state index is 10.6. The lowest BCUT2D eigenvalue weighted by molar-refractivity contribution is 0.0658. The molecule has 0 fully saturated rings. The van der Waals surface area contributed by atoms with Crippen molar-refractivity contribution in [3.8, 4) is 0 Å². The van der Waals surface area contributed by atoms with E-state index in [-0.39, 0.29) is 18.1 Å². The lowest BCUT2D eigenvalue weighted by atomic mass is 10.4. The molecule has 0 radical (unpaired) electrons. The second-order valence-corrected chi connectivity index (χ2v) is 4.18. The molecule has 6 nitrogen and oxygen atoms in total. The molecule has 0 aliphatic rings. The first kappa shape index (κ1) is 10.7. The molecule has 0 unspecified atom stereocenters. The van der Waals surface area contributed by atoms with Crippen LogP contribution in [-0.4, -0.2) is 25.7 Å². The van der Waals surface area contributed by atoms with Gasteiger partial charge < -0.3 is 9.52 Å². The molecule has 14 heavy (non-hydrogen) atoms. The zero-order valence-corrected chi connectivity index (χ0v) is 8.08. The molecule has 0 aliphatic carbocycles. The molecular weight excluding hydrogens is 212 g/mol. The fourth-order valence-electron chi connectivity index (χ4n) is 0.736. The van der Waals surface area contributed by atoms with Crippen LogP contribution in [0.1, 0.15) is 16.3 Å². The lowest BCUT2D eigenvalue weighted by Crippen LogP contribution is -2.01. The number of aromatic carboxylic acids is 1. The average molecular weight is 220 g/mol. The number of furan rings is 1. The van der Waals surface area contributed by atoms with Gasteiger partial charge in [0.2, 0.25) is 5.76 Å². The van der Waals surface area contributed by atoms with Crippen LogP contribution in [-0.2, 0) is 20.9 Å². The fourth-order valence-corrected chi connectivity index (χ4v) is 1.07. The highest BCUT2D eigenvalue weighted by atomic mass is 32.2. The maximum atomic E-state index is 10.6. The molecule has 1 rings (SSSR count). The lowest BCUT2D eigenvalue weighted by Gasteiger charge is -1.96. The highest BCUT2D eigenvalue weighted by molar-refractivity contribution is 7.85. The van der Waals surface area contributed by atoms with Crippen molar-refractivity contribution >= 4 is 16.1 Å². The number of carbonyl (C=O) groups is 1. The molecule has 0 spiro atoms. The standard InChI is InChI=1S/C7H8O6S/c1-14(10,11)12-4-5-2-3-6(13-5)7(8)9/h2-3H,4H2,1H3,(H,8,9). The van der Waals surface area contributed by atoms with Gasteiger partial charge >= 0.3 is 5.97 Å². The van der Waals surface area contributed by atoms with Crippen LogP contribution in [0.25, 0.3) is 0 Å². The predicted octanol–water partition coefficient (Wildman–Crippen LogP) is 0.454. The molecule has 1 aromatic rings. The number of carboxylic acids is 1. The van der Waals surface area contributed by atoms with E-state index >= 15 is 0 Å². The Morgan fingerprint density at radius 1 is 1.57 bits per heavy atom. The summed E-state index contributed by atoms with van der Waals surface area (Å²) in [4.78, 5) is 10.4. The summed E-state index contributed by atoms with van der Waals surface area (Å²) in [5.41, 5.74) is 0. The quantitative estimate of drug-likeness (QED) is 0.740. The Kier molecular flexibility index (Phi) is 2.92. The van der Waals surface area contributed by atoms with Crippen LogP contribution >= 0.6 is 0 Å². The van der Waals surface area contributed by atoms with Gasteiger partial charge in [0, 0.05) is 0 Å². The largest absolute Gasteiger partial charge is 0.475 e. The van der Waals surface area contributed by atoms with Crippen LogP contribution in [0.2, 0.25) is 0 Å². The Labute approximate surface area is 80.2 Å². The van der Waals surface area contributed by atoms with Crippen molar-refractivity contribution in [2.24, 2.45) is 0 Å². The Morgan fingerprint density at radius 2 is 2.21 bits per heavy atom. The summed E-state index contributed by atoms with van der Waals surface area (Å²) in [6.45, 7) is -0.299. The van der Waals surface area contributed by atoms with E-state index in [1.807, 2.05) is 0 Å². The van der Waals surface area contributed by atoms with Crippen LogP contribution < -0.4 is 0 Å². The van der Waals surface area contributed by atoms with Crippen molar-refractivity contribution in [2.75, 3.05) is 6.26 Å². The maximum Gasteiger partial charge on any atom is 0.371 e. The first-order valence-electron chi connectivity index (χ1n) is 3.55. The van der Waals surface area contributed by atoms with Crippen molar-refractivity contribution in [2.45, 2.75) is 6.61 Å². The van der Waals surface area contributed by atoms with Gasteiger partial charge in [0.05, 0.1) is 6.26 Å². The van der Waals surface area contributed by atoms with Crippen LogP contribution in [0.5, 0.6) is 0 Å². The second-order valence-electron chi connectivity index (χ2n) is 2.54. The molecule has 0 saturated heterocycles. The summed E-state index contributed by atoms with van der Waals surface area (Å²) < 4.78 is 30.3. The predicted molar refractivity (Wildman–Crippen MR) is 45.3 cm³/mol. The SMILES string of the molecule is CS(=O)(=O)OCc1ccc(C(=O)O)o1. The molecule has 0 amide bonds. The van der Waals surface area contributed by atoms with E-state index in [0.717, 1.165) is 6.26 Å². The molecule has 0 aromatic carbocycles. The molecule has 0 bridgehead atoms. The first-order valence-corrected chi connectivity index (χ1v) is 5.36. The Bertz CT molecular complexity index is 429. The zero-order chi connectivity index (χ0) is 10.8. The zero-order valence-electron chi connectivity index (χ0n) is 7.26. The molecular formula is C7H8O6S. The van der Waals surface area contributed by atoms with E-state index in [9.17, 15) is 13.2 Å². The minimum absolute atomic E-state index is 0.146. The van der Waals surface area contributed by atoms with E-state index in [0.29, 0.717) is 0 Å². The number of carboxylic acid groups (broad SMARTS) is 1. The van der Waals surface area contributed by atoms with Crippen LogP contribution in [0, 0.1) is 0 Å². The number of rotatable bonds is 4. The van der Waals surface area contributed by atoms with Crippen LogP contribution in [0.3, 0.4) is 0 Å². The molecule has 1 N–H and O–H groups in total. The van der Waals surface area contributed by atoms with Gasteiger partial charge in [0.15, 0.2) is 0 Å². The summed E-state index contributed by atoms with van der Waals surface area (Å²) in [5.74, 6) is -1.32. The van der Waals surface area contributed by atoms with Gasteiger partial charge in [0.25, 0.3) is 10.1 Å². The minimum atomic E-state index is -3.54. The fraction of sp³-hybridized carbons (Fsp3) is 0.286. The summed E-state index contributed by atoms with van der Waals surface area (Å²) in [5, 5.41) is 8.47. The normalized spacial score (nSPS) is 11.5. The van der Waals surface area contributed by atoms with Gasteiger partial charge in [-0.15, -0.1) is 0 Å². The number of hydrogen-bond acceptors (Lipinski definition) is 5. The summed E-state index contributed by atoms with van der Waals surface area (Å²) in [6, 6.07) is 2.57. The van der Waals surface area contributed by atoms with Gasteiger partial charge in [-0.25, -0.2) is 4.79 Å². The van der Waals surface area contributed by atoms with Gasteiger partial charge in [-0.05, 0) is 12.1 Å². The Hall–Kier alpha value is -1.34. The molecule has 7 heteroatoms. The Morgan fingerprint density at radius 3 is 2.64 bits per heavy atom. The van der Waals surface area contributed by atoms with E-state index in [4.69, 9.17) is 9.52 Å². The average Bonchev–Trinajstić information content (AvgIpc) is 2.47. The third-order valence-electron chi connectivity index (χ3n) is 1.29. The van der Waals surface area contributed by atoms with E-state index in [2.05, 4.69) is 4.18 Å². The first-order chi connectivity index (χ1) is 6.38. The van der Waals surface area contributed by atoms with E-state index < -0.39 is 16.1 Å². The topological polar surface area (TPSA) is 93.8 Å². The smallest absolute Gasteiger partial charge is 0.371 e. The molecule has 1 heterocycles. The van der Waals surface area contributed by atoms with Gasteiger partial charge in [0.1, 0.15) is 12.4 Å². The third kappa shape index (κ3) is 3.19. The third-order valence-corrected chi connectivity index (χ3v) is 1.83. The van der Waals surface area contributed by atoms with Crippen LogP contribution in [0.4, 0.5) is 0 Å². The highest BCUT2D eigenvalue weighted by Crippen LogP contribution is 2.09.